The first-order valence-corrected chi connectivity index (χ1v) is 3.50. The Morgan fingerprint density at radius 1 is 1.45 bits per heavy atom. The van der Waals surface area contributed by atoms with E-state index in [-0.39, 0.29) is 6.10 Å². The molecular weight excluding hydrogens is 144 g/mol. The van der Waals surface area contributed by atoms with Gasteiger partial charge in [-0.2, -0.15) is 0 Å². The fourth-order valence-electron chi connectivity index (χ4n) is 0.467. The van der Waals surface area contributed by atoms with Crippen LogP contribution in [0.1, 0.15) is 13.8 Å². The summed E-state index contributed by atoms with van der Waals surface area (Å²) in [4.78, 5) is 0. The van der Waals surface area contributed by atoms with Gasteiger partial charge in [-0.25, -0.2) is 0 Å². The van der Waals surface area contributed by atoms with Gasteiger partial charge in [0.05, 0.1) is 19.8 Å². The molecule has 0 aromatic heterocycles. The Hall–Kier alpha value is -0.720. The average Bonchev–Trinajstić information content (AvgIpc) is 1.97. The lowest BCUT2D eigenvalue weighted by atomic mass is 10.4. The summed E-state index contributed by atoms with van der Waals surface area (Å²) in [5.74, 6) is 2.68. The third-order valence-electron chi connectivity index (χ3n) is 0.952. The van der Waals surface area contributed by atoms with Crippen molar-refractivity contribution in [3.8, 4) is 12.0 Å². The number of aliphatic hydroxyl groups excluding tert-OH is 1. The Balaban J connectivity index is 3.44. The normalized spacial score (nSPS) is 14.5. The molecule has 0 aliphatic rings. The molecule has 1 N–H and O–H groups in total. The molecule has 3 heteroatoms. The highest BCUT2D eigenvalue weighted by molar-refractivity contribution is 4.97. The van der Waals surface area contributed by atoms with E-state index in [1.165, 1.54) is 7.11 Å². The highest BCUT2D eigenvalue weighted by Crippen LogP contribution is 1.90. The van der Waals surface area contributed by atoms with Crippen LogP contribution >= 0.6 is 0 Å². The van der Waals surface area contributed by atoms with E-state index in [0.29, 0.717) is 6.61 Å². The molecule has 0 saturated heterocycles. The zero-order valence-corrected chi connectivity index (χ0v) is 7.13. The van der Waals surface area contributed by atoms with Gasteiger partial charge in [0.2, 0.25) is 0 Å². The van der Waals surface area contributed by atoms with Crippen molar-refractivity contribution in [1.29, 1.82) is 0 Å². The van der Waals surface area contributed by atoms with Crippen molar-refractivity contribution in [1.82, 2.24) is 0 Å². The van der Waals surface area contributed by atoms with Crippen LogP contribution in [0.25, 0.3) is 0 Å². The van der Waals surface area contributed by atoms with Gasteiger partial charge >= 0.3 is 0 Å². The molecule has 0 spiro atoms. The zero-order chi connectivity index (χ0) is 8.69. The van der Waals surface area contributed by atoms with E-state index < -0.39 is 6.10 Å². The van der Waals surface area contributed by atoms with Gasteiger partial charge in [0.15, 0.2) is 0 Å². The molecule has 0 amide bonds. The molecule has 0 heterocycles. The largest absolute Gasteiger partial charge is 0.450 e. The zero-order valence-electron chi connectivity index (χ0n) is 7.13. The van der Waals surface area contributed by atoms with Crippen LogP contribution in [0.4, 0.5) is 0 Å². The van der Waals surface area contributed by atoms with Crippen LogP contribution in [-0.4, -0.2) is 31.0 Å². The molecule has 2 unspecified atom stereocenters. The Morgan fingerprint density at radius 2 is 2.09 bits per heavy atom. The van der Waals surface area contributed by atoms with E-state index in [4.69, 9.17) is 9.84 Å². The van der Waals surface area contributed by atoms with Gasteiger partial charge in [-0.1, -0.05) is 0 Å². The summed E-state index contributed by atoms with van der Waals surface area (Å²) in [7, 11) is 1.49. The van der Waals surface area contributed by atoms with E-state index in [9.17, 15) is 0 Å². The van der Waals surface area contributed by atoms with Crippen molar-refractivity contribution >= 4 is 0 Å². The lowest BCUT2D eigenvalue weighted by Crippen LogP contribution is -2.15. The molecule has 0 aliphatic carbocycles. The van der Waals surface area contributed by atoms with Gasteiger partial charge in [0, 0.05) is 0 Å². The Kier molecular flexibility index (Phi) is 5.63. The second kappa shape index (κ2) is 6.02. The molecule has 0 aromatic rings. The van der Waals surface area contributed by atoms with Crippen molar-refractivity contribution in [2.45, 2.75) is 26.1 Å². The summed E-state index contributed by atoms with van der Waals surface area (Å²) >= 11 is 0. The maximum Gasteiger partial charge on any atom is 0.118 e. The lowest BCUT2D eigenvalue weighted by molar-refractivity contribution is 0.0279. The molecular formula is C8H14O3. The topological polar surface area (TPSA) is 38.7 Å². The number of rotatable bonds is 3. The molecule has 0 rings (SSSR count). The molecule has 2 atom stereocenters. The smallest absolute Gasteiger partial charge is 0.118 e. The summed E-state index contributed by atoms with van der Waals surface area (Å²) in [6.45, 7) is 3.77. The third kappa shape index (κ3) is 7.17. The minimum Gasteiger partial charge on any atom is -0.450 e. The molecule has 11 heavy (non-hydrogen) atoms. The average molecular weight is 158 g/mol. The Labute approximate surface area is 67.3 Å². The van der Waals surface area contributed by atoms with Crippen LogP contribution in [-0.2, 0) is 9.47 Å². The summed E-state index contributed by atoms with van der Waals surface area (Å²) in [5.41, 5.74) is 0. The summed E-state index contributed by atoms with van der Waals surface area (Å²) in [6, 6.07) is 0. The van der Waals surface area contributed by atoms with Crippen LogP contribution in [0.15, 0.2) is 0 Å². The second-order valence-corrected chi connectivity index (χ2v) is 2.28. The third-order valence-corrected chi connectivity index (χ3v) is 0.952. The minimum absolute atomic E-state index is 0.190. The Bertz CT molecular complexity index is 143. The maximum atomic E-state index is 8.82. The molecule has 64 valence electrons. The monoisotopic (exact) mass is 158 g/mol. The molecule has 0 saturated carbocycles. The van der Waals surface area contributed by atoms with Gasteiger partial charge in [-0.3, -0.25) is 0 Å². The highest BCUT2D eigenvalue weighted by atomic mass is 16.5. The number of ether oxygens (including phenoxy) is 2. The maximum absolute atomic E-state index is 8.82. The van der Waals surface area contributed by atoms with Crippen LogP contribution in [0.5, 0.6) is 0 Å². The van der Waals surface area contributed by atoms with E-state index in [1.807, 2.05) is 0 Å². The van der Waals surface area contributed by atoms with Gasteiger partial charge < -0.3 is 14.6 Å². The Morgan fingerprint density at radius 3 is 2.55 bits per heavy atom. The number of hydrogen-bond acceptors (Lipinski definition) is 3. The van der Waals surface area contributed by atoms with E-state index in [1.54, 1.807) is 13.8 Å². The van der Waals surface area contributed by atoms with Gasteiger partial charge in [0.1, 0.15) is 12.2 Å². The lowest BCUT2D eigenvalue weighted by Gasteiger charge is -2.07. The van der Waals surface area contributed by atoms with Gasteiger partial charge in [-0.05, 0) is 19.8 Å². The van der Waals surface area contributed by atoms with Crippen LogP contribution in [0, 0.1) is 12.0 Å². The first kappa shape index (κ1) is 10.3. The van der Waals surface area contributed by atoms with Crippen LogP contribution < -0.4 is 0 Å². The predicted octanol–water partition coefficient (Wildman–Crippen LogP) is 0.380. The molecule has 0 fully saturated rings. The molecule has 0 aliphatic heterocycles. The summed E-state index contributed by atoms with van der Waals surface area (Å²) in [6.07, 6.45) is 1.78. The van der Waals surface area contributed by atoms with Crippen molar-refractivity contribution < 1.29 is 14.6 Å². The quantitative estimate of drug-likeness (QED) is 0.603. The number of methoxy groups -OCH3 is 1. The molecule has 0 aromatic carbocycles. The van der Waals surface area contributed by atoms with Crippen LogP contribution in [0.2, 0.25) is 0 Å². The van der Waals surface area contributed by atoms with Crippen molar-refractivity contribution in [3.05, 3.63) is 0 Å². The SMILES string of the molecule is COC#CC(C)OCC(C)O. The fourth-order valence-corrected chi connectivity index (χ4v) is 0.467. The number of hydrogen-bond donors (Lipinski definition) is 1. The minimum atomic E-state index is -0.443. The first-order valence-electron chi connectivity index (χ1n) is 3.50. The van der Waals surface area contributed by atoms with E-state index in [2.05, 4.69) is 16.8 Å². The number of aliphatic hydroxyl groups is 1. The predicted molar refractivity (Wildman–Crippen MR) is 41.9 cm³/mol. The van der Waals surface area contributed by atoms with Crippen molar-refractivity contribution in [3.63, 3.8) is 0 Å². The van der Waals surface area contributed by atoms with Gasteiger partial charge in [0.25, 0.3) is 0 Å². The summed E-state index contributed by atoms with van der Waals surface area (Å²) in [5, 5.41) is 8.82. The fraction of sp³-hybridized carbons (Fsp3) is 0.750. The second-order valence-electron chi connectivity index (χ2n) is 2.28. The van der Waals surface area contributed by atoms with Crippen molar-refractivity contribution in [2.24, 2.45) is 0 Å². The molecule has 0 bridgehead atoms. The molecule has 3 nitrogen and oxygen atoms in total. The molecule has 0 radical (unpaired) electrons. The highest BCUT2D eigenvalue weighted by Gasteiger charge is 1.99. The van der Waals surface area contributed by atoms with Crippen molar-refractivity contribution in [2.75, 3.05) is 13.7 Å². The van der Waals surface area contributed by atoms with Crippen LogP contribution in [0.3, 0.4) is 0 Å². The standard InChI is InChI=1S/C8H14O3/c1-7(9)6-11-8(2)4-5-10-3/h7-9H,6H2,1-3H3. The van der Waals surface area contributed by atoms with Gasteiger partial charge in [-0.15, -0.1) is 0 Å². The van der Waals surface area contributed by atoms with E-state index >= 15 is 0 Å². The first-order chi connectivity index (χ1) is 5.16. The summed E-state index contributed by atoms with van der Waals surface area (Å²) < 4.78 is 9.62. The van der Waals surface area contributed by atoms with E-state index in [0.717, 1.165) is 0 Å².